The zero-order valence-electron chi connectivity index (χ0n) is 14.2. The predicted molar refractivity (Wildman–Crippen MR) is 96.4 cm³/mol. The molecule has 3 aromatic rings. The van der Waals surface area contributed by atoms with Crippen molar-refractivity contribution in [3.8, 4) is 5.75 Å². The number of fused-ring (bicyclic) bond motifs is 3. The lowest BCUT2D eigenvalue weighted by Gasteiger charge is -2.27. The van der Waals surface area contributed by atoms with Crippen LogP contribution < -0.4 is 4.74 Å². The van der Waals surface area contributed by atoms with Gasteiger partial charge < -0.3 is 14.6 Å². The van der Waals surface area contributed by atoms with Gasteiger partial charge in [0, 0.05) is 53.3 Å². The highest BCUT2D eigenvalue weighted by Gasteiger charge is 2.26. The zero-order valence-corrected chi connectivity index (χ0v) is 14.2. The Morgan fingerprint density at radius 1 is 1.27 bits per heavy atom. The van der Waals surface area contributed by atoms with Gasteiger partial charge in [-0.2, -0.15) is 0 Å². The summed E-state index contributed by atoms with van der Waals surface area (Å²) in [6.07, 6.45) is 0.730. The van der Waals surface area contributed by atoms with Crippen molar-refractivity contribution in [2.45, 2.75) is 13.0 Å². The standard InChI is InChI=1S/C19H17N3O4/c1-26-18-7-6-12(10-17(18)22(24)25)19(23)21-9-8-16-14(11-21)13-4-2-3-5-15(13)20-16/h2-7,10,20H,8-9,11H2,1H3. The van der Waals surface area contributed by atoms with Crippen LogP contribution in [0.2, 0.25) is 0 Å². The number of amides is 1. The van der Waals surface area contributed by atoms with Gasteiger partial charge in [-0.1, -0.05) is 18.2 Å². The Kier molecular flexibility index (Phi) is 3.84. The highest BCUT2D eigenvalue weighted by atomic mass is 16.6. The number of methoxy groups -OCH3 is 1. The summed E-state index contributed by atoms with van der Waals surface area (Å²) in [4.78, 5) is 28.7. The smallest absolute Gasteiger partial charge is 0.311 e. The number of carbonyl (C=O) groups excluding carboxylic acids is 1. The lowest BCUT2D eigenvalue weighted by molar-refractivity contribution is -0.385. The van der Waals surface area contributed by atoms with Gasteiger partial charge in [-0.15, -0.1) is 0 Å². The van der Waals surface area contributed by atoms with Crippen molar-refractivity contribution in [2.24, 2.45) is 0 Å². The fraction of sp³-hybridized carbons (Fsp3) is 0.211. The maximum Gasteiger partial charge on any atom is 0.311 e. The molecule has 4 rings (SSSR count). The van der Waals surface area contributed by atoms with Crippen LogP contribution in [0.15, 0.2) is 42.5 Å². The molecule has 0 fully saturated rings. The summed E-state index contributed by atoms with van der Waals surface area (Å²) in [5.74, 6) is -0.0733. The monoisotopic (exact) mass is 351 g/mol. The van der Waals surface area contributed by atoms with Crippen LogP contribution in [-0.2, 0) is 13.0 Å². The number of hydrogen-bond acceptors (Lipinski definition) is 4. The van der Waals surface area contributed by atoms with Crippen LogP contribution in [0.3, 0.4) is 0 Å². The number of nitro benzene ring substituents is 1. The first-order chi connectivity index (χ1) is 12.6. The zero-order chi connectivity index (χ0) is 18.3. The molecule has 0 atom stereocenters. The molecular formula is C19H17N3O4. The van der Waals surface area contributed by atoms with E-state index in [0.29, 0.717) is 18.7 Å². The number of aromatic amines is 1. The fourth-order valence-corrected chi connectivity index (χ4v) is 3.49. The first-order valence-electron chi connectivity index (χ1n) is 8.28. The van der Waals surface area contributed by atoms with E-state index in [1.165, 1.54) is 19.2 Å². The molecule has 0 saturated heterocycles. The Morgan fingerprint density at radius 3 is 2.85 bits per heavy atom. The Hall–Kier alpha value is -3.35. The molecule has 0 saturated carbocycles. The number of nitrogens with zero attached hydrogens (tertiary/aromatic N) is 2. The van der Waals surface area contributed by atoms with E-state index in [-0.39, 0.29) is 17.3 Å². The van der Waals surface area contributed by atoms with E-state index in [4.69, 9.17) is 4.74 Å². The quantitative estimate of drug-likeness (QED) is 0.579. The Balaban J connectivity index is 1.66. The largest absolute Gasteiger partial charge is 0.490 e. The minimum atomic E-state index is -0.538. The summed E-state index contributed by atoms with van der Waals surface area (Å²) < 4.78 is 5.00. The molecule has 0 unspecified atom stereocenters. The van der Waals surface area contributed by atoms with Gasteiger partial charge in [-0.05, 0) is 18.2 Å². The molecule has 0 spiro atoms. The first-order valence-corrected chi connectivity index (χ1v) is 8.28. The van der Waals surface area contributed by atoms with Crippen molar-refractivity contribution in [3.63, 3.8) is 0 Å². The maximum atomic E-state index is 12.9. The molecule has 132 valence electrons. The number of nitro groups is 1. The molecule has 2 heterocycles. The Labute approximate surface area is 149 Å². The summed E-state index contributed by atoms with van der Waals surface area (Å²) in [5.41, 5.74) is 3.41. The molecule has 0 aliphatic carbocycles. The summed E-state index contributed by atoms with van der Waals surface area (Å²) in [7, 11) is 1.37. The Bertz CT molecular complexity index is 1020. The average Bonchev–Trinajstić information content (AvgIpc) is 3.04. The van der Waals surface area contributed by atoms with Gasteiger partial charge in [-0.3, -0.25) is 14.9 Å². The van der Waals surface area contributed by atoms with Crippen LogP contribution in [0.1, 0.15) is 21.6 Å². The minimum Gasteiger partial charge on any atom is -0.490 e. The van der Waals surface area contributed by atoms with Crippen LogP contribution in [-0.4, -0.2) is 34.4 Å². The van der Waals surface area contributed by atoms with E-state index in [1.54, 1.807) is 11.0 Å². The van der Waals surface area contributed by atoms with Crippen molar-refractivity contribution >= 4 is 22.5 Å². The normalized spacial score (nSPS) is 13.5. The average molecular weight is 351 g/mol. The van der Waals surface area contributed by atoms with Gasteiger partial charge in [0.05, 0.1) is 12.0 Å². The molecular weight excluding hydrogens is 334 g/mol. The highest BCUT2D eigenvalue weighted by molar-refractivity contribution is 5.96. The summed E-state index contributed by atoms with van der Waals surface area (Å²) in [6, 6.07) is 12.3. The summed E-state index contributed by atoms with van der Waals surface area (Å²) in [6.45, 7) is 1.05. The maximum absolute atomic E-state index is 12.9. The minimum absolute atomic E-state index is 0.143. The molecule has 0 bridgehead atoms. The third kappa shape index (κ3) is 2.57. The lowest BCUT2D eigenvalue weighted by Crippen LogP contribution is -2.35. The molecule has 0 radical (unpaired) electrons. The second kappa shape index (κ2) is 6.18. The number of benzene rings is 2. The van der Waals surface area contributed by atoms with Gasteiger partial charge in [0.15, 0.2) is 5.75 Å². The number of carbonyl (C=O) groups is 1. The van der Waals surface area contributed by atoms with Crippen LogP contribution >= 0.6 is 0 Å². The van der Waals surface area contributed by atoms with Crippen LogP contribution in [0.4, 0.5) is 5.69 Å². The third-order valence-corrected chi connectivity index (χ3v) is 4.79. The molecule has 1 aliphatic heterocycles. The summed E-state index contributed by atoms with van der Waals surface area (Å²) in [5, 5.41) is 12.3. The second-order valence-electron chi connectivity index (χ2n) is 6.25. The molecule has 7 heteroatoms. The van der Waals surface area contributed by atoms with E-state index >= 15 is 0 Å². The number of hydrogen-bond donors (Lipinski definition) is 1. The number of aromatic nitrogens is 1. The first kappa shape index (κ1) is 16.1. The van der Waals surface area contributed by atoms with Crippen molar-refractivity contribution in [2.75, 3.05) is 13.7 Å². The lowest BCUT2D eigenvalue weighted by atomic mass is 10.0. The molecule has 26 heavy (non-hydrogen) atoms. The van der Waals surface area contributed by atoms with E-state index in [1.807, 2.05) is 24.3 Å². The number of rotatable bonds is 3. The predicted octanol–water partition coefficient (Wildman–Crippen LogP) is 3.28. The van der Waals surface area contributed by atoms with Crippen LogP contribution in [0.5, 0.6) is 5.75 Å². The van der Waals surface area contributed by atoms with Crippen LogP contribution in [0.25, 0.3) is 10.9 Å². The topological polar surface area (TPSA) is 88.5 Å². The highest BCUT2D eigenvalue weighted by Crippen LogP contribution is 2.31. The van der Waals surface area contributed by atoms with Gasteiger partial charge in [0.25, 0.3) is 5.91 Å². The van der Waals surface area contributed by atoms with Gasteiger partial charge in [0.2, 0.25) is 0 Å². The van der Waals surface area contributed by atoms with E-state index in [2.05, 4.69) is 4.98 Å². The molecule has 1 N–H and O–H groups in total. The van der Waals surface area contributed by atoms with Crippen molar-refractivity contribution in [3.05, 3.63) is 69.4 Å². The van der Waals surface area contributed by atoms with E-state index < -0.39 is 4.92 Å². The van der Waals surface area contributed by atoms with E-state index in [0.717, 1.165) is 28.6 Å². The molecule has 7 nitrogen and oxygen atoms in total. The van der Waals surface area contributed by atoms with Crippen molar-refractivity contribution in [1.29, 1.82) is 0 Å². The second-order valence-corrected chi connectivity index (χ2v) is 6.25. The molecule has 2 aromatic carbocycles. The third-order valence-electron chi connectivity index (χ3n) is 4.79. The SMILES string of the molecule is COc1ccc(C(=O)N2CCc3[nH]c4ccccc4c3C2)cc1[N+](=O)[O-]. The number of ether oxygens (including phenoxy) is 1. The Morgan fingerprint density at radius 2 is 2.08 bits per heavy atom. The molecule has 1 aliphatic rings. The molecule has 1 aromatic heterocycles. The van der Waals surface area contributed by atoms with Crippen molar-refractivity contribution in [1.82, 2.24) is 9.88 Å². The van der Waals surface area contributed by atoms with Gasteiger partial charge >= 0.3 is 5.69 Å². The van der Waals surface area contributed by atoms with E-state index in [9.17, 15) is 14.9 Å². The number of nitrogens with one attached hydrogen (secondary N) is 1. The fourth-order valence-electron chi connectivity index (χ4n) is 3.49. The van der Waals surface area contributed by atoms with Gasteiger partial charge in [0.1, 0.15) is 0 Å². The van der Waals surface area contributed by atoms with Crippen molar-refractivity contribution < 1.29 is 14.5 Å². The van der Waals surface area contributed by atoms with Gasteiger partial charge in [-0.25, -0.2) is 0 Å². The number of para-hydroxylation sites is 1. The number of H-pyrrole nitrogens is 1. The molecule has 1 amide bonds. The summed E-state index contributed by atoms with van der Waals surface area (Å²) >= 11 is 0. The van der Waals surface area contributed by atoms with Crippen LogP contribution in [0, 0.1) is 10.1 Å².